The summed E-state index contributed by atoms with van der Waals surface area (Å²) in [5, 5.41) is 0. The fraction of sp³-hybridized carbons (Fsp3) is 0.625. The second-order valence-electron chi connectivity index (χ2n) is 6.17. The van der Waals surface area contributed by atoms with Gasteiger partial charge in [-0.3, -0.25) is 0 Å². The van der Waals surface area contributed by atoms with Crippen LogP contribution in [-0.2, 0) is 0 Å². The van der Waals surface area contributed by atoms with Crippen LogP contribution in [0.3, 0.4) is 0 Å². The van der Waals surface area contributed by atoms with Gasteiger partial charge in [-0.2, -0.15) is 0 Å². The molecular weight excluding hydrogens is 222 g/mol. The van der Waals surface area contributed by atoms with Gasteiger partial charge in [-0.25, -0.2) is 0 Å². The van der Waals surface area contributed by atoms with Crippen molar-refractivity contribution in [3.05, 3.63) is 29.8 Å². The summed E-state index contributed by atoms with van der Waals surface area (Å²) in [7, 11) is 0. The third-order valence-corrected chi connectivity index (χ3v) is 4.66. The maximum absolute atomic E-state index is 6.38. The van der Waals surface area contributed by atoms with Gasteiger partial charge in [-0.05, 0) is 37.7 Å². The predicted molar refractivity (Wildman–Crippen MR) is 73.6 cm³/mol. The van der Waals surface area contributed by atoms with E-state index in [2.05, 4.69) is 25.1 Å². The van der Waals surface area contributed by atoms with E-state index in [9.17, 15) is 0 Å². The Morgan fingerprint density at radius 3 is 2.94 bits per heavy atom. The van der Waals surface area contributed by atoms with Crippen LogP contribution in [0.5, 0.6) is 5.75 Å². The van der Waals surface area contributed by atoms with Crippen LogP contribution in [0.1, 0.15) is 57.1 Å². The average Bonchev–Trinajstić information content (AvgIpc) is 2.53. The van der Waals surface area contributed by atoms with Gasteiger partial charge in [-0.1, -0.05) is 31.5 Å². The molecule has 1 heterocycles. The lowest BCUT2D eigenvalue weighted by molar-refractivity contribution is 0.0205. The van der Waals surface area contributed by atoms with Gasteiger partial charge in [0.1, 0.15) is 11.4 Å². The van der Waals surface area contributed by atoms with Crippen molar-refractivity contribution in [2.45, 2.75) is 57.1 Å². The van der Waals surface area contributed by atoms with Crippen LogP contribution in [0, 0.1) is 5.92 Å². The van der Waals surface area contributed by atoms with Crippen LogP contribution in [0.25, 0.3) is 0 Å². The van der Waals surface area contributed by atoms with E-state index in [0.717, 1.165) is 24.5 Å². The minimum atomic E-state index is 0.0124. The number of fused-ring (bicyclic) bond motifs is 1. The standard InChI is InChI=1S/C16H23NO/c1-12-5-4-9-16(10-8-12)11-14(17)13-6-2-3-7-15(13)18-16/h2-3,6-7,12,14H,4-5,8-11,17H2,1H3/t12?,14-,16?/m1/s1. The molecule has 0 bridgehead atoms. The Kier molecular flexibility index (Phi) is 3.06. The Morgan fingerprint density at radius 2 is 2.06 bits per heavy atom. The van der Waals surface area contributed by atoms with Gasteiger partial charge in [0.25, 0.3) is 0 Å². The molecule has 3 rings (SSSR count). The molecule has 2 N–H and O–H groups in total. The van der Waals surface area contributed by atoms with E-state index in [-0.39, 0.29) is 11.6 Å². The number of nitrogens with two attached hydrogens (primary N) is 1. The predicted octanol–water partition coefficient (Wildman–Crippen LogP) is 3.81. The van der Waals surface area contributed by atoms with Gasteiger partial charge < -0.3 is 10.5 Å². The number of rotatable bonds is 0. The van der Waals surface area contributed by atoms with Gasteiger partial charge in [0.05, 0.1) is 0 Å². The summed E-state index contributed by atoms with van der Waals surface area (Å²) in [5.74, 6) is 1.85. The SMILES string of the molecule is CC1CCCC2(CC1)C[C@@H](N)c1ccccc1O2. The van der Waals surface area contributed by atoms with Gasteiger partial charge in [0, 0.05) is 18.0 Å². The van der Waals surface area contributed by atoms with E-state index >= 15 is 0 Å². The molecule has 1 aliphatic heterocycles. The maximum Gasteiger partial charge on any atom is 0.124 e. The molecular formula is C16H23NO. The Hall–Kier alpha value is -1.02. The molecule has 1 aromatic carbocycles. The second kappa shape index (κ2) is 4.58. The zero-order valence-corrected chi connectivity index (χ0v) is 11.2. The molecule has 0 saturated heterocycles. The largest absolute Gasteiger partial charge is 0.487 e. The number of hydrogen-bond donors (Lipinski definition) is 1. The highest BCUT2D eigenvalue weighted by Gasteiger charge is 2.40. The first-order valence-electron chi connectivity index (χ1n) is 7.22. The lowest BCUT2D eigenvalue weighted by Gasteiger charge is -2.41. The minimum absolute atomic E-state index is 0.0124. The van der Waals surface area contributed by atoms with Crippen molar-refractivity contribution in [3.63, 3.8) is 0 Å². The number of para-hydroxylation sites is 1. The smallest absolute Gasteiger partial charge is 0.124 e. The monoisotopic (exact) mass is 245 g/mol. The first kappa shape index (κ1) is 12.0. The summed E-state index contributed by atoms with van der Waals surface area (Å²) < 4.78 is 6.38. The van der Waals surface area contributed by atoms with Gasteiger partial charge in [0.15, 0.2) is 0 Å². The molecule has 2 unspecified atom stereocenters. The Labute approximate surface area is 110 Å². The van der Waals surface area contributed by atoms with Crippen molar-refractivity contribution < 1.29 is 4.74 Å². The van der Waals surface area contributed by atoms with Crippen molar-refractivity contribution in [1.29, 1.82) is 0 Å². The Balaban J connectivity index is 1.88. The van der Waals surface area contributed by atoms with E-state index in [0.29, 0.717) is 0 Å². The molecule has 1 spiro atoms. The average molecular weight is 245 g/mol. The molecule has 0 radical (unpaired) electrons. The molecule has 2 nitrogen and oxygen atoms in total. The van der Waals surface area contributed by atoms with Crippen molar-refractivity contribution in [1.82, 2.24) is 0 Å². The van der Waals surface area contributed by atoms with Crippen molar-refractivity contribution in [3.8, 4) is 5.75 Å². The molecule has 3 atom stereocenters. The normalized spacial score (nSPS) is 35.7. The number of benzene rings is 1. The second-order valence-corrected chi connectivity index (χ2v) is 6.17. The van der Waals surface area contributed by atoms with E-state index in [4.69, 9.17) is 10.5 Å². The molecule has 1 fully saturated rings. The van der Waals surface area contributed by atoms with E-state index < -0.39 is 0 Å². The van der Waals surface area contributed by atoms with E-state index in [1.165, 1.54) is 31.2 Å². The molecule has 1 aliphatic carbocycles. The molecule has 2 heteroatoms. The van der Waals surface area contributed by atoms with Gasteiger partial charge >= 0.3 is 0 Å². The fourth-order valence-electron chi connectivity index (χ4n) is 3.52. The lowest BCUT2D eigenvalue weighted by Crippen LogP contribution is -2.42. The number of ether oxygens (including phenoxy) is 1. The summed E-state index contributed by atoms with van der Waals surface area (Å²) in [6, 6.07) is 8.42. The summed E-state index contributed by atoms with van der Waals surface area (Å²) in [6.45, 7) is 2.36. The Bertz CT molecular complexity index is 431. The molecule has 18 heavy (non-hydrogen) atoms. The summed E-state index contributed by atoms with van der Waals surface area (Å²) in [4.78, 5) is 0. The topological polar surface area (TPSA) is 35.2 Å². The summed E-state index contributed by atoms with van der Waals surface area (Å²) in [6.07, 6.45) is 7.19. The fourth-order valence-corrected chi connectivity index (χ4v) is 3.52. The van der Waals surface area contributed by atoms with Crippen LogP contribution >= 0.6 is 0 Å². The highest BCUT2D eigenvalue weighted by molar-refractivity contribution is 5.38. The highest BCUT2D eigenvalue weighted by atomic mass is 16.5. The van der Waals surface area contributed by atoms with E-state index in [1.807, 2.05) is 6.07 Å². The first-order valence-corrected chi connectivity index (χ1v) is 7.22. The van der Waals surface area contributed by atoms with Crippen LogP contribution in [0.15, 0.2) is 24.3 Å². The zero-order valence-electron chi connectivity index (χ0n) is 11.2. The van der Waals surface area contributed by atoms with Gasteiger partial charge in [0.2, 0.25) is 0 Å². The third kappa shape index (κ3) is 2.14. The molecule has 1 saturated carbocycles. The zero-order chi connectivity index (χ0) is 12.6. The minimum Gasteiger partial charge on any atom is -0.487 e. The van der Waals surface area contributed by atoms with Crippen molar-refractivity contribution >= 4 is 0 Å². The van der Waals surface area contributed by atoms with E-state index in [1.54, 1.807) is 0 Å². The highest BCUT2D eigenvalue weighted by Crippen LogP contribution is 2.45. The first-order chi connectivity index (χ1) is 8.69. The quantitative estimate of drug-likeness (QED) is 0.754. The third-order valence-electron chi connectivity index (χ3n) is 4.66. The molecule has 0 aromatic heterocycles. The van der Waals surface area contributed by atoms with Crippen molar-refractivity contribution in [2.24, 2.45) is 11.7 Å². The van der Waals surface area contributed by atoms with Crippen LogP contribution in [0.4, 0.5) is 0 Å². The lowest BCUT2D eigenvalue weighted by atomic mass is 9.82. The van der Waals surface area contributed by atoms with Crippen molar-refractivity contribution in [2.75, 3.05) is 0 Å². The molecule has 2 aliphatic rings. The summed E-state index contributed by atoms with van der Waals surface area (Å²) >= 11 is 0. The summed E-state index contributed by atoms with van der Waals surface area (Å²) in [5.41, 5.74) is 7.55. The van der Waals surface area contributed by atoms with Crippen LogP contribution < -0.4 is 10.5 Å². The molecule has 98 valence electrons. The van der Waals surface area contributed by atoms with Crippen LogP contribution in [-0.4, -0.2) is 5.60 Å². The van der Waals surface area contributed by atoms with Gasteiger partial charge in [-0.15, -0.1) is 0 Å². The van der Waals surface area contributed by atoms with Crippen LogP contribution in [0.2, 0.25) is 0 Å². The molecule has 1 aromatic rings. The molecule has 0 amide bonds. The number of hydrogen-bond acceptors (Lipinski definition) is 2. The maximum atomic E-state index is 6.38. The Morgan fingerprint density at radius 1 is 1.22 bits per heavy atom.